The lowest BCUT2D eigenvalue weighted by molar-refractivity contribution is 1.07. The zero-order valence-electron chi connectivity index (χ0n) is 6.77. The molecule has 2 nitrogen and oxygen atoms in total. The van der Waals surface area contributed by atoms with E-state index in [-0.39, 0.29) is 0 Å². The Kier molecular flexibility index (Phi) is 7.82. The van der Waals surface area contributed by atoms with Crippen molar-refractivity contribution in [3.05, 3.63) is 36.4 Å². The van der Waals surface area contributed by atoms with Crippen LogP contribution >= 0.6 is 0 Å². The zero-order valence-corrected chi connectivity index (χ0v) is 6.77. The van der Waals surface area contributed by atoms with Crippen LogP contribution < -0.4 is 0 Å². The van der Waals surface area contributed by atoms with E-state index >= 15 is 0 Å². The average molecular weight is 158 g/mol. The molecule has 0 aliphatic carbocycles. The highest BCUT2D eigenvalue weighted by Crippen LogP contribution is 1.80. The molecule has 0 heterocycles. The van der Waals surface area contributed by atoms with Crippen molar-refractivity contribution < 1.29 is 0 Å². The maximum atomic E-state index is 7.80. The molecule has 0 spiro atoms. The summed E-state index contributed by atoms with van der Waals surface area (Å²) in [6, 6.07) is 15.7. The number of nitriles is 2. The largest absolute Gasteiger partial charge is 0.198 e. The summed E-state index contributed by atoms with van der Waals surface area (Å²) in [4.78, 5) is 0. The highest BCUT2D eigenvalue weighted by atomic mass is 14.2. The first-order valence-electron chi connectivity index (χ1n) is 3.65. The van der Waals surface area contributed by atoms with Crippen molar-refractivity contribution in [3.8, 4) is 12.1 Å². The first-order chi connectivity index (χ1) is 5.91. The summed E-state index contributed by atoms with van der Waals surface area (Å²) in [5, 5.41) is 15.6. The smallest absolute Gasteiger partial charge is 0.0632 e. The second-order valence-corrected chi connectivity index (χ2v) is 1.97. The lowest BCUT2D eigenvalue weighted by Crippen LogP contribution is -1.58. The molecule has 0 unspecified atom stereocenters. The summed E-state index contributed by atoms with van der Waals surface area (Å²) in [5.74, 6) is 0. The van der Waals surface area contributed by atoms with E-state index in [0.717, 1.165) is 0 Å². The third kappa shape index (κ3) is 8.20. The lowest BCUT2D eigenvalue weighted by atomic mass is 10.4. The Labute approximate surface area is 72.7 Å². The molecule has 0 fully saturated rings. The Morgan fingerprint density at radius 2 is 0.917 bits per heavy atom. The molecule has 2 heteroatoms. The fourth-order valence-electron chi connectivity index (χ4n) is 0.497. The minimum atomic E-state index is 0.358. The van der Waals surface area contributed by atoms with E-state index in [4.69, 9.17) is 10.5 Å². The minimum absolute atomic E-state index is 0.358. The Hall–Kier alpha value is -1.80. The lowest BCUT2D eigenvalue weighted by Gasteiger charge is -1.69. The van der Waals surface area contributed by atoms with Gasteiger partial charge in [0.15, 0.2) is 0 Å². The van der Waals surface area contributed by atoms with E-state index < -0.39 is 0 Å². The number of hydrogen-bond acceptors (Lipinski definition) is 2. The summed E-state index contributed by atoms with van der Waals surface area (Å²) < 4.78 is 0. The van der Waals surface area contributed by atoms with E-state index in [1.165, 1.54) is 0 Å². The van der Waals surface area contributed by atoms with Gasteiger partial charge in [0.2, 0.25) is 0 Å². The standard InChI is InChI=1S/C6H6.C4H4N2/c1-2-4-6-5-3-1;5-3-1-2-4-6/h1-6H;1-2H2. The van der Waals surface area contributed by atoms with Gasteiger partial charge < -0.3 is 0 Å². The average Bonchev–Trinajstić information content (AvgIpc) is 2.18. The highest BCUT2D eigenvalue weighted by molar-refractivity contribution is 4.99. The van der Waals surface area contributed by atoms with Crippen LogP contribution in [-0.4, -0.2) is 0 Å². The molecule has 0 atom stereocenters. The number of hydrogen-bond donors (Lipinski definition) is 0. The van der Waals surface area contributed by atoms with Crippen molar-refractivity contribution >= 4 is 0 Å². The summed E-state index contributed by atoms with van der Waals surface area (Å²) in [7, 11) is 0. The van der Waals surface area contributed by atoms with Crippen molar-refractivity contribution in [2.24, 2.45) is 0 Å². The monoisotopic (exact) mass is 158 g/mol. The summed E-state index contributed by atoms with van der Waals surface area (Å²) in [5.41, 5.74) is 0. The third-order valence-electron chi connectivity index (χ3n) is 1.02. The van der Waals surface area contributed by atoms with Crippen LogP contribution in [0, 0.1) is 22.7 Å². The second-order valence-electron chi connectivity index (χ2n) is 1.97. The number of rotatable bonds is 1. The molecule has 1 aromatic carbocycles. The van der Waals surface area contributed by atoms with E-state index in [2.05, 4.69) is 0 Å². The van der Waals surface area contributed by atoms with Crippen LogP contribution in [0.25, 0.3) is 0 Å². The molecule has 0 aromatic heterocycles. The fraction of sp³-hybridized carbons (Fsp3) is 0.200. The van der Waals surface area contributed by atoms with Gasteiger partial charge in [-0.05, 0) is 0 Å². The van der Waals surface area contributed by atoms with Gasteiger partial charge in [0, 0.05) is 12.8 Å². The first kappa shape index (κ1) is 10.2. The molecule has 60 valence electrons. The molecule has 12 heavy (non-hydrogen) atoms. The molecule has 0 radical (unpaired) electrons. The van der Waals surface area contributed by atoms with E-state index in [0.29, 0.717) is 12.8 Å². The zero-order chi connectivity index (χ0) is 9.07. The number of benzene rings is 1. The van der Waals surface area contributed by atoms with E-state index in [1.807, 2.05) is 48.5 Å². The van der Waals surface area contributed by atoms with Crippen LogP contribution in [0.2, 0.25) is 0 Å². The van der Waals surface area contributed by atoms with Crippen molar-refractivity contribution in [2.45, 2.75) is 12.8 Å². The Balaban J connectivity index is 0.000000202. The van der Waals surface area contributed by atoms with Crippen LogP contribution in [0.1, 0.15) is 12.8 Å². The molecular formula is C10H10N2. The third-order valence-corrected chi connectivity index (χ3v) is 1.02. The van der Waals surface area contributed by atoms with Crippen LogP contribution in [0.5, 0.6) is 0 Å². The Morgan fingerprint density at radius 1 is 0.667 bits per heavy atom. The van der Waals surface area contributed by atoms with Crippen molar-refractivity contribution in [3.63, 3.8) is 0 Å². The topological polar surface area (TPSA) is 47.6 Å². The van der Waals surface area contributed by atoms with Gasteiger partial charge in [-0.2, -0.15) is 10.5 Å². The van der Waals surface area contributed by atoms with Gasteiger partial charge in [-0.3, -0.25) is 0 Å². The van der Waals surface area contributed by atoms with Gasteiger partial charge in [-0.15, -0.1) is 0 Å². The number of unbranched alkanes of at least 4 members (excludes halogenated alkanes) is 1. The molecule has 0 bridgehead atoms. The minimum Gasteiger partial charge on any atom is -0.198 e. The Morgan fingerprint density at radius 3 is 1.08 bits per heavy atom. The van der Waals surface area contributed by atoms with Gasteiger partial charge in [0.25, 0.3) is 0 Å². The highest BCUT2D eigenvalue weighted by Gasteiger charge is 1.72. The summed E-state index contributed by atoms with van der Waals surface area (Å²) in [6.45, 7) is 0. The molecule has 1 aromatic rings. The van der Waals surface area contributed by atoms with Crippen molar-refractivity contribution in [1.82, 2.24) is 0 Å². The van der Waals surface area contributed by atoms with Gasteiger partial charge in [-0.1, -0.05) is 36.4 Å². The molecule has 0 N–H and O–H groups in total. The fourth-order valence-corrected chi connectivity index (χ4v) is 0.497. The van der Waals surface area contributed by atoms with Crippen LogP contribution in [0.3, 0.4) is 0 Å². The molecule has 0 aliphatic rings. The van der Waals surface area contributed by atoms with E-state index in [1.54, 1.807) is 0 Å². The van der Waals surface area contributed by atoms with Crippen molar-refractivity contribution in [1.29, 1.82) is 10.5 Å². The predicted octanol–water partition coefficient (Wildman–Crippen LogP) is 2.50. The molecular weight excluding hydrogens is 148 g/mol. The second kappa shape index (κ2) is 9.20. The molecule has 0 amide bonds. The predicted molar refractivity (Wildman–Crippen MR) is 46.9 cm³/mol. The van der Waals surface area contributed by atoms with Gasteiger partial charge in [-0.25, -0.2) is 0 Å². The van der Waals surface area contributed by atoms with E-state index in [9.17, 15) is 0 Å². The SMILES string of the molecule is N#CCCC#N.c1ccccc1. The number of nitrogens with zero attached hydrogens (tertiary/aromatic N) is 2. The summed E-state index contributed by atoms with van der Waals surface area (Å²) in [6.07, 6.45) is 0.715. The normalized spacial score (nSPS) is 6.83. The Bertz CT molecular complexity index is 213. The molecule has 1 rings (SSSR count). The van der Waals surface area contributed by atoms with Gasteiger partial charge in [0.1, 0.15) is 0 Å². The maximum absolute atomic E-state index is 7.80. The summed E-state index contributed by atoms with van der Waals surface area (Å²) >= 11 is 0. The van der Waals surface area contributed by atoms with Gasteiger partial charge >= 0.3 is 0 Å². The molecule has 0 saturated carbocycles. The van der Waals surface area contributed by atoms with Crippen LogP contribution in [0.4, 0.5) is 0 Å². The van der Waals surface area contributed by atoms with Crippen LogP contribution in [0.15, 0.2) is 36.4 Å². The van der Waals surface area contributed by atoms with Crippen molar-refractivity contribution in [2.75, 3.05) is 0 Å². The maximum Gasteiger partial charge on any atom is 0.0632 e. The molecule has 0 aliphatic heterocycles. The quantitative estimate of drug-likeness (QED) is 0.589. The van der Waals surface area contributed by atoms with Crippen LogP contribution in [-0.2, 0) is 0 Å². The first-order valence-corrected chi connectivity index (χ1v) is 3.65. The molecule has 0 saturated heterocycles. The van der Waals surface area contributed by atoms with Gasteiger partial charge in [0.05, 0.1) is 12.1 Å².